The van der Waals surface area contributed by atoms with Crippen molar-refractivity contribution >= 4 is 23.5 Å². The average Bonchev–Trinajstić information content (AvgIpc) is 3.12. The Bertz CT molecular complexity index is 692. The third-order valence-corrected chi connectivity index (χ3v) is 3.88. The maximum absolute atomic E-state index is 5.42. The van der Waals surface area contributed by atoms with E-state index >= 15 is 0 Å². The highest BCUT2D eigenvalue weighted by Crippen LogP contribution is 2.15. The number of aryl methyl sites for hydroxylation is 1. The molecule has 130 valence electrons. The van der Waals surface area contributed by atoms with Gasteiger partial charge in [-0.1, -0.05) is 0 Å². The van der Waals surface area contributed by atoms with Crippen LogP contribution in [-0.4, -0.2) is 35.7 Å². The molecule has 6 nitrogen and oxygen atoms in total. The number of methoxy groups -OCH3 is 1. The lowest BCUT2D eigenvalue weighted by Gasteiger charge is -2.13. The molecule has 2 rings (SSSR count). The van der Waals surface area contributed by atoms with Gasteiger partial charge in [0, 0.05) is 30.1 Å². The summed E-state index contributed by atoms with van der Waals surface area (Å²) in [5, 5.41) is 7.78. The summed E-state index contributed by atoms with van der Waals surface area (Å²) in [7, 11) is 1.66. The van der Waals surface area contributed by atoms with Crippen LogP contribution in [0, 0.1) is 13.8 Å². The van der Waals surface area contributed by atoms with Crippen molar-refractivity contribution in [2.24, 2.45) is 5.10 Å². The number of nitrogens with zero attached hydrogens (tertiary/aromatic N) is 2. The van der Waals surface area contributed by atoms with Gasteiger partial charge in [-0.15, -0.1) is 0 Å². The van der Waals surface area contributed by atoms with Gasteiger partial charge in [0.1, 0.15) is 5.76 Å². The molecular formula is C17H24N4O2S. The molecule has 0 spiro atoms. The molecule has 0 bridgehead atoms. The number of rotatable bonds is 7. The third-order valence-electron chi connectivity index (χ3n) is 3.67. The molecule has 2 aromatic rings. The van der Waals surface area contributed by atoms with Crippen molar-refractivity contribution in [2.75, 3.05) is 13.7 Å². The van der Waals surface area contributed by atoms with Crippen molar-refractivity contribution in [3.63, 3.8) is 0 Å². The highest BCUT2D eigenvalue weighted by Gasteiger charge is 2.09. The third kappa shape index (κ3) is 4.94. The van der Waals surface area contributed by atoms with Crippen LogP contribution in [0.5, 0.6) is 0 Å². The molecule has 1 atom stereocenters. The van der Waals surface area contributed by atoms with Gasteiger partial charge < -0.3 is 19.0 Å². The Morgan fingerprint density at radius 3 is 2.96 bits per heavy atom. The van der Waals surface area contributed by atoms with Gasteiger partial charge in [0.05, 0.1) is 25.6 Å². The van der Waals surface area contributed by atoms with Gasteiger partial charge in [-0.25, -0.2) is 0 Å². The number of thiocarbonyl (C=S) groups is 1. The molecule has 0 aliphatic rings. The molecule has 0 aromatic carbocycles. The quantitative estimate of drug-likeness (QED) is 0.457. The highest BCUT2D eigenvalue weighted by molar-refractivity contribution is 7.80. The molecule has 7 heteroatoms. The van der Waals surface area contributed by atoms with Gasteiger partial charge in [0.2, 0.25) is 0 Å². The molecule has 2 aromatic heterocycles. The summed E-state index contributed by atoms with van der Waals surface area (Å²) in [6.07, 6.45) is 3.46. The lowest BCUT2D eigenvalue weighted by Crippen LogP contribution is -2.40. The molecule has 2 heterocycles. The summed E-state index contributed by atoms with van der Waals surface area (Å²) >= 11 is 5.19. The van der Waals surface area contributed by atoms with Crippen LogP contribution in [-0.2, 0) is 11.3 Å². The molecule has 0 saturated heterocycles. The Balaban J connectivity index is 1.96. The van der Waals surface area contributed by atoms with Crippen molar-refractivity contribution in [2.45, 2.75) is 33.4 Å². The first-order valence-electron chi connectivity index (χ1n) is 7.79. The molecule has 0 unspecified atom stereocenters. The Kier molecular flexibility index (Phi) is 6.57. The number of hydrogen-bond acceptors (Lipinski definition) is 4. The van der Waals surface area contributed by atoms with Crippen LogP contribution in [0.3, 0.4) is 0 Å². The topological polar surface area (TPSA) is 63.7 Å². The van der Waals surface area contributed by atoms with Crippen molar-refractivity contribution in [3.8, 4) is 0 Å². The lowest BCUT2D eigenvalue weighted by molar-refractivity contribution is 0.179. The lowest BCUT2D eigenvalue weighted by atomic mass is 10.3. The van der Waals surface area contributed by atoms with E-state index in [1.165, 1.54) is 0 Å². The fraction of sp³-hybridized carbons (Fsp3) is 0.412. The molecule has 2 N–H and O–H groups in total. The molecule has 0 aliphatic heterocycles. The van der Waals surface area contributed by atoms with Crippen molar-refractivity contribution in [1.82, 2.24) is 15.3 Å². The minimum absolute atomic E-state index is 0.128. The van der Waals surface area contributed by atoms with Gasteiger partial charge in [0.15, 0.2) is 5.11 Å². The predicted molar refractivity (Wildman–Crippen MR) is 99.5 cm³/mol. The van der Waals surface area contributed by atoms with E-state index in [2.05, 4.69) is 40.3 Å². The standard InChI is InChI=1S/C17H24N4O2S/c1-12(11-22-4)19-17(24)20-18-9-15-8-13(2)21(14(15)3)10-16-6-5-7-23-16/h5-9,12H,10-11H2,1-4H3,(H2,19,20,24)/b18-9-/t12-/m1/s1. The molecule has 0 saturated carbocycles. The monoisotopic (exact) mass is 348 g/mol. The van der Waals surface area contributed by atoms with E-state index in [0.717, 1.165) is 22.7 Å². The second-order valence-electron chi connectivity index (χ2n) is 5.69. The van der Waals surface area contributed by atoms with E-state index in [1.807, 2.05) is 19.1 Å². The minimum atomic E-state index is 0.128. The molecular weight excluding hydrogens is 324 g/mol. The number of nitrogens with one attached hydrogen (secondary N) is 2. The Labute approximate surface area is 147 Å². The van der Waals surface area contributed by atoms with Crippen LogP contribution < -0.4 is 10.7 Å². The van der Waals surface area contributed by atoms with Crippen molar-refractivity contribution in [1.29, 1.82) is 0 Å². The summed E-state index contributed by atoms with van der Waals surface area (Å²) in [6, 6.07) is 6.09. The number of hydrogen-bond donors (Lipinski definition) is 2. The van der Waals surface area contributed by atoms with Gasteiger partial charge >= 0.3 is 0 Å². The summed E-state index contributed by atoms with van der Waals surface area (Å²) in [5.41, 5.74) is 6.15. The first-order chi connectivity index (χ1) is 11.5. The van der Waals surface area contributed by atoms with Crippen molar-refractivity contribution < 1.29 is 9.15 Å². The van der Waals surface area contributed by atoms with E-state index in [0.29, 0.717) is 18.3 Å². The largest absolute Gasteiger partial charge is 0.467 e. The van der Waals surface area contributed by atoms with Crippen LogP contribution in [0.15, 0.2) is 34.0 Å². The zero-order valence-corrected chi connectivity index (χ0v) is 15.3. The minimum Gasteiger partial charge on any atom is -0.467 e. The van der Waals surface area contributed by atoms with Gasteiger partial charge in [-0.05, 0) is 51.2 Å². The molecule has 0 aliphatic carbocycles. The maximum Gasteiger partial charge on any atom is 0.187 e. The summed E-state index contributed by atoms with van der Waals surface area (Å²) in [6.45, 7) is 7.41. The maximum atomic E-state index is 5.42. The van der Waals surface area contributed by atoms with Crippen LogP contribution in [0.1, 0.15) is 29.6 Å². The van der Waals surface area contributed by atoms with Gasteiger partial charge in [0.25, 0.3) is 0 Å². The first-order valence-corrected chi connectivity index (χ1v) is 8.19. The van der Waals surface area contributed by atoms with Gasteiger partial charge in [-0.2, -0.15) is 5.10 Å². The average molecular weight is 348 g/mol. The fourth-order valence-electron chi connectivity index (χ4n) is 2.47. The van der Waals surface area contributed by atoms with Crippen LogP contribution in [0.25, 0.3) is 0 Å². The van der Waals surface area contributed by atoms with Crippen LogP contribution in [0.2, 0.25) is 0 Å². The summed E-state index contributed by atoms with van der Waals surface area (Å²) in [4.78, 5) is 0. The van der Waals surface area contributed by atoms with E-state index in [4.69, 9.17) is 21.4 Å². The second kappa shape index (κ2) is 8.65. The van der Waals surface area contributed by atoms with Gasteiger partial charge in [-0.3, -0.25) is 5.43 Å². The molecule has 0 amide bonds. The fourth-order valence-corrected chi connectivity index (χ4v) is 2.72. The Hall–Kier alpha value is -2.12. The van der Waals surface area contributed by atoms with E-state index < -0.39 is 0 Å². The van der Waals surface area contributed by atoms with E-state index in [1.54, 1.807) is 19.6 Å². The number of hydrazone groups is 1. The second-order valence-corrected chi connectivity index (χ2v) is 6.10. The highest BCUT2D eigenvalue weighted by atomic mass is 32.1. The Morgan fingerprint density at radius 2 is 2.29 bits per heavy atom. The van der Waals surface area contributed by atoms with Crippen LogP contribution >= 0.6 is 12.2 Å². The molecule has 0 fully saturated rings. The van der Waals surface area contributed by atoms with E-state index in [-0.39, 0.29) is 6.04 Å². The zero-order chi connectivity index (χ0) is 17.5. The number of aromatic nitrogens is 1. The molecule has 0 radical (unpaired) electrons. The first kappa shape index (κ1) is 18.2. The van der Waals surface area contributed by atoms with E-state index in [9.17, 15) is 0 Å². The normalized spacial score (nSPS) is 12.5. The zero-order valence-electron chi connectivity index (χ0n) is 14.5. The van der Waals surface area contributed by atoms with Crippen LogP contribution in [0.4, 0.5) is 0 Å². The number of furan rings is 1. The smallest absolute Gasteiger partial charge is 0.187 e. The predicted octanol–water partition coefficient (Wildman–Crippen LogP) is 2.58. The summed E-state index contributed by atoms with van der Waals surface area (Å²) in [5.74, 6) is 0.927. The summed E-state index contributed by atoms with van der Waals surface area (Å²) < 4.78 is 12.7. The molecule has 24 heavy (non-hydrogen) atoms. The Morgan fingerprint density at radius 1 is 1.50 bits per heavy atom. The van der Waals surface area contributed by atoms with Crippen molar-refractivity contribution in [3.05, 3.63) is 47.2 Å². The number of ether oxygens (including phenoxy) is 1. The SMILES string of the molecule is COC[C@@H](C)NC(=S)N/N=C\c1cc(C)n(Cc2ccco2)c1C.